The molecule has 0 spiro atoms. The number of nitrogens with two attached hydrogens (primary N) is 1. The summed E-state index contributed by atoms with van der Waals surface area (Å²) < 4.78 is 5.35. The Morgan fingerprint density at radius 1 is 1.25 bits per heavy atom. The number of benzene rings is 1. The summed E-state index contributed by atoms with van der Waals surface area (Å²) >= 11 is 0. The Hall–Kier alpha value is -1.26. The summed E-state index contributed by atoms with van der Waals surface area (Å²) in [6.45, 7) is 1.92. The molecule has 0 atom stereocenters. The van der Waals surface area contributed by atoms with E-state index in [1.165, 1.54) is 0 Å². The summed E-state index contributed by atoms with van der Waals surface area (Å²) in [7, 11) is 1.70. The second-order valence-electron chi connectivity index (χ2n) is 3.99. The molecule has 4 nitrogen and oxygen atoms in total. The average molecular weight is 222 g/mol. The fourth-order valence-electron chi connectivity index (χ4n) is 2.12. The van der Waals surface area contributed by atoms with E-state index in [1.54, 1.807) is 7.11 Å². The molecule has 1 aromatic rings. The first-order chi connectivity index (χ1) is 7.85. The van der Waals surface area contributed by atoms with Crippen LogP contribution in [0.4, 0.5) is 5.69 Å². The molecule has 0 unspecified atom stereocenters. The number of rotatable bonds is 3. The summed E-state index contributed by atoms with van der Waals surface area (Å²) in [4.78, 5) is 7.19. The first-order valence-corrected chi connectivity index (χ1v) is 5.58. The molecule has 2 rings (SSSR count). The number of hydrogen-bond donors (Lipinski definition) is 1. The molecule has 0 bridgehead atoms. The van der Waals surface area contributed by atoms with Gasteiger partial charge in [-0.2, -0.15) is 0 Å². The van der Waals surface area contributed by atoms with E-state index in [-0.39, 0.29) is 6.10 Å². The van der Waals surface area contributed by atoms with E-state index in [1.807, 2.05) is 18.2 Å². The SMILES string of the molecule is COc1ccccc1N1CCC(ON)CC1. The molecule has 1 heterocycles. The largest absolute Gasteiger partial charge is 0.495 e. The molecule has 16 heavy (non-hydrogen) atoms. The summed E-state index contributed by atoms with van der Waals surface area (Å²) in [6.07, 6.45) is 2.13. The topological polar surface area (TPSA) is 47.7 Å². The zero-order valence-electron chi connectivity index (χ0n) is 9.56. The van der Waals surface area contributed by atoms with Crippen LogP contribution in [0.1, 0.15) is 12.8 Å². The van der Waals surface area contributed by atoms with Crippen molar-refractivity contribution in [2.45, 2.75) is 18.9 Å². The molecule has 0 aromatic heterocycles. The van der Waals surface area contributed by atoms with Crippen LogP contribution in [0.25, 0.3) is 0 Å². The highest BCUT2D eigenvalue weighted by Crippen LogP contribution is 2.29. The Bertz CT molecular complexity index is 336. The molecule has 0 radical (unpaired) electrons. The molecular weight excluding hydrogens is 204 g/mol. The fourth-order valence-corrected chi connectivity index (χ4v) is 2.12. The van der Waals surface area contributed by atoms with Crippen LogP contribution >= 0.6 is 0 Å². The van der Waals surface area contributed by atoms with E-state index in [4.69, 9.17) is 15.5 Å². The molecule has 1 saturated heterocycles. The quantitative estimate of drug-likeness (QED) is 0.788. The van der Waals surface area contributed by atoms with Crippen LogP contribution in [-0.4, -0.2) is 26.3 Å². The molecule has 0 amide bonds. The van der Waals surface area contributed by atoms with Gasteiger partial charge in [0.25, 0.3) is 0 Å². The van der Waals surface area contributed by atoms with Crippen LogP contribution in [0.2, 0.25) is 0 Å². The van der Waals surface area contributed by atoms with Crippen molar-refractivity contribution in [1.29, 1.82) is 0 Å². The van der Waals surface area contributed by atoms with Crippen molar-refractivity contribution < 1.29 is 9.57 Å². The normalized spacial score (nSPS) is 17.5. The number of hydrogen-bond acceptors (Lipinski definition) is 4. The molecular formula is C12H18N2O2. The lowest BCUT2D eigenvalue weighted by molar-refractivity contribution is 0.0367. The van der Waals surface area contributed by atoms with Crippen molar-refractivity contribution in [3.05, 3.63) is 24.3 Å². The van der Waals surface area contributed by atoms with Gasteiger partial charge < -0.3 is 14.5 Å². The van der Waals surface area contributed by atoms with Crippen LogP contribution in [0.5, 0.6) is 5.75 Å². The maximum atomic E-state index is 5.35. The lowest BCUT2D eigenvalue weighted by atomic mass is 10.1. The summed E-state index contributed by atoms with van der Waals surface area (Å²) in [6, 6.07) is 8.09. The van der Waals surface area contributed by atoms with Gasteiger partial charge in [0.05, 0.1) is 18.9 Å². The second kappa shape index (κ2) is 5.18. The van der Waals surface area contributed by atoms with Crippen LogP contribution in [0.15, 0.2) is 24.3 Å². The van der Waals surface area contributed by atoms with E-state index in [0.29, 0.717) is 0 Å². The van der Waals surface area contributed by atoms with Crippen LogP contribution in [-0.2, 0) is 4.84 Å². The van der Waals surface area contributed by atoms with Gasteiger partial charge in [0.1, 0.15) is 5.75 Å². The molecule has 2 N–H and O–H groups in total. The Morgan fingerprint density at radius 2 is 1.94 bits per heavy atom. The van der Waals surface area contributed by atoms with Gasteiger partial charge in [0, 0.05) is 13.1 Å². The number of nitrogens with zero attached hydrogens (tertiary/aromatic N) is 1. The van der Waals surface area contributed by atoms with Gasteiger partial charge in [-0.05, 0) is 25.0 Å². The van der Waals surface area contributed by atoms with Crippen molar-refractivity contribution >= 4 is 5.69 Å². The molecule has 4 heteroatoms. The summed E-state index contributed by atoms with van der Waals surface area (Å²) in [5, 5.41) is 0. The van der Waals surface area contributed by atoms with Gasteiger partial charge in [-0.1, -0.05) is 12.1 Å². The molecule has 88 valence electrons. The molecule has 0 aliphatic carbocycles. The standard InChI is InChI=1S/C12H18N2O2/c1-15-12-5-3-2-4-11(12)14-8-6-10(16-13)7-9-14/h2-5,10H,6-9,13H2,1H3. The van der Waals surface area contributed by atoms with Crippen molar-refractivity contribution in [3.8, 4) is 5.75 Å². The second-order valence-corrected chi connectivity index (χ2v) is 3.99. The predicted octanol–water partition coefficient (Wildman–Crippen LogP) is 1.55. The smallest absolute Gasteiger partial charge is 0.142 e. The lowest BCUT2D eigenvalue weighted by Gasteiger charge is -2.33. The Kier molecular flexibility index (Phi) is 3.64. The Labute approximate surface area is 95.9 Å². The third kappa shape index (κ3) is 2.28. The molecule has 1 fully saturated rings. The van der Waals surface area contributed by atoms with Gasteiger partial charge in [-0.25, -0.2) is 5.90 Å². The number of methoxy groups -OCH3 is 1. The van der Waals surface area contributed by atoms with E-state index < -0.39 is 0 Å². The molecule has 1 aromatic carbocycles. The monoisotopic (exact) mass is 222 g/mol. The molecule has 0 saturated carbocycles. The Balaban J connectivity index is 2.07. The van der Waals surface area contributed by atoms with Crippen LogP contribution in [0, 0.1) is 0 Å². The minimum atomic E-state index is 0.200. The highest BCUT2D eigenvalue weighted by molar-refractivity contribution is 5.58. The minimum Gasteiger partial charge on any atom is -0.495 e. The van der Waals surface area contributed by atoms with E-state index >= 15 is 0 Å². The zero-order valence-corrected chi connectivity index (χ0v) is 9.56. The van der Waals surface area contributed by atoms with Gasteiger partial charge in [-0.15, -0.1) is 0 Å². The van der Waals surface area contributed by atoms with Crippen molar-refractivity contribution in [1.82, 2.24) is 0 Å². The lowest BCUT2D eigenvalue weighted by Crippen LogP contribution is -2.38. The third-order valence-electron chi connectivity index (χ3n) is 3.06. The summed E-state index contributed by atoms with van der Waals surface area (Å²) in [5.74, 6) is 6.13. The van der Waals surface area contributed by atoms with Crippen LogP contribution in [0.3, 0.4) is 0 Å². The number of ether oxygens (including phenoxy) is 1. The first kappa shape index (κ1) is 11.2. The van der Waals surface area contributed by atoms with E-state index in [0.717, 1.165) is 37.4 Å². The Morgan fingerprint density at radius 3 is 2.56 bits per heavy atom. The van der Waals surface area contributed by atoms with Crippen molar-refractivity contribution in [3.63, 3.8) is 0 Å². The number of piperidine rings is 1. The van der Waals surface area contributed by atoms with Crippen molar-refractivity contribution in [2.75, 3.05) is 25.1 Å². The van der Waals surface area contributed by atoms with Crippen LogP contribution < -0.4 is 15.5 Å². The summed E-state index contributed by atoms with van der Waals surface area (Å²) in [5.41, 5.74) is 1.15. The maximum Gasteiger partial charge on any atom is 0.142 e. The minimum absolute atomic E-state index is 0.200. The van der Waals surface area contributed by atoms with Gasteiger partial charge >= 0.3 is 0 Å². The fraction of sp³-hybridized carbons (Fsp3) is 0.500. The molecule has 1 aliphatic rings. The average Bonchev–Trinajstić information content (AvgIpc) is 2.39. The van der Waals surface area contributed by atoms with E-state index in [2.05, 4.69) is 11.0 Å². The number of anilines is 1. The van der Waals surface area contributed by atoms with E-state index in [9.17, 15) is 0 Å². The molecule has 1 aliphatic heterocycles. The third-order valence-corrected chi connectivity index (χ3v) is 3.06. The highest BCUT2D eigenvalue weighted by atomic mass is 16.6. The zero-order chi connectivity index (χ0) is 11.4. The predicted molar refractivity (Wildman–Crippen MR) is 63.5 cm³/mol. The van der Waals surface area contributed by atoms with Gasteiger partial charge in [0.15, 0.2) is 0 Å². The maximum absolute atomic E-state index is 5.35. The van der Waals surface area contributed by atoms with Gasteiger partial charge in [0.2, 0.25) is 0 Å². The number of para-hydroxylation sites is 2. The highest BCUT2D eigenvalue weighted by Gasteiger charge is 2.21. The van der Waals surface area contributed by atoms with Crippen molar-refractivity contribution in [2.24, 2.45) is 5.90 Å². The van der Waals surface area contributed by atoms with Gasteiger partial charge in [-0.3, -0.25) is 0 Å². The first-order valence-electron chi connectivity index (χ1n) is 5.58.